The van der Waals surface area contributed by atoms with Crippen molar-refractivity contribution in [3.8, 4) is 0 Å². The highest BCUT2D eigenvalue weighted by Crippen LogP contribution is 2.33. The van der Waals surface area contributed by atoms with Crippen LogP contribution in [0.2, 0.25) is 0 Å². The lowest BCUT2D eigenvalue weighted by Gasteiger charge is -2.23. The second-order valence-corrected chi connectivity index (χ2v) is 6.91. The fourth-order valence-corrected chi connectivity index (χ4v) is 3.68. The van der Waals surface area contributed by atoms with Crippen LogP contribution in [0, 0.1) is 16.0 Å². The molecule has 0 aliphatic carbocycles. The summed E-state index contributed by atoms with van der Waals surface area (Å²) >= 11 is 0. The van der Waals surface area contributed by atoms with Gasteiger partial charge in [-0.05, 0) is 31.0 Å². The van der Waals surface area contributed by atoms with Gasteiger partial charge in [0, 0.05) is 25.1 Å². The van der Waals surface area contributed by atoms with Gasteiger partial charge in [0.05, 0.1) is 11.0 Å². The Kier molecular flexibility index (Phi) is 7.51. The Balaban J connectivity index is 0.00000280. The van der Waals surface area contributed by atoms with Crippen molar-refractivity contribution in [2.24, 2.45) is 11.7 Å². The molecule has 1 aliphatic heterocycles. The first kappa shape index (κ1) is 21.8. The Hall–Kier alpha value is -2.48. The fourth-order valence-electron chi connectivity index (χ4n) is 3.68. The van der Waals surface area contributed by atoms with Crippen LogP contribution in [-0.4, -0.2) is 41.4 Å². The number of hydrogen-bond acceptors (Lipinski definition) is 5. The van der Waals surface area contributed by atoms with Crippen molar-refractivity contribution in [2.45, 2.75) is 18.9 Å². The molecule has 1 amide bonds. The van der Waals surface area contributed by atoms with E-state index in [0.717, 1.165) is 13.1 Å². The fraction of sp³-hybridized carbons (Fsp3) is 0.350. The third-order valence-electron chi connectivity index (χ3n) is 5.29. The Bertz CT molecular complexity index is 818. The molecule has 1 heterocycles. The van der Waals surface area contributed by atoms with Crippen LogP contribution in [-0.2, 0) is 4.79 Å². The summed E-state index contributed by atoms with van der Waals surface area (Å²) in [6.07, 6.45) is 0. The third-order valence-corrected chi connectivity index (χ3v) is 5.29. The number of para-hydroxylation sites is 2. The third kappa shape index (κ3) is 4.67. The molecule has 1 fully saturated rings. The molecule has 2 aromatic rings. The number of amides is 1. The first-order valence-electron chi connectivity index (χ1n) is 9.04. The van der Waals surface area contributed by atoms with E-state index in [-0.39, 0.29) is 41.5 Å². The Labute approximate surface area is 170 Å². The number of nitrogens with one attached hydrogen (secondary N) is 1. The molecule has 0 bridgehead atoms. The lowest BCUT2D eigenvalue weighted by molar-refractivity contribution is -0.383. The number of nitro benzene ring substituents is 1. The molecular formula is C20H25ClN4O3. The summed E-state index contributed by atoms with van der Waals surface area (Å²) in [5.41, 5.74) is 7.30. The molecule has 0 spiro atoms. The topological polar surface area (TPSA) is 101 Å². The van der Waals surface area contributed by atoms with E-state index in [9.17, 15) is 14.9 Å². The summed E-state index contributed by atoms with van der Waals surface area (Å²) in [5.74, 6) is 0.292. The van der Waals surface area contributed by atoms with Crippen LogP contribution < -0.4 is 11.1 Å². The van der Waals surface area contributed by atoms with E-state index in [0.29, 0.717) is 6.54 Å². The SMILES string of the molecule is CC(C(=O)Nc1ccccc1[N+](=O)[O-])N1C[C@@H](CN)[C@H](c2ccccc2)C1.Cl. The van der Waals surface area contributed by atoms with Crippen LogP contribution in [0.1, 0.15) is 18.4 Å². The molecule has 150 valence electrons. The summed E-state index contributed by atoms with van der Waals surface area (Å²) < 4.78 is 0. The number of halogens is 1. The number of nitrogens with two attached hydrogens (primary N) is 1. The Morgan fingerprint density at radius 2 is 1.86 bits per heavy atom. The first-order chi connectivity index (χ1) is 13.0. The predicted octanol–water partition coefficient (Wildman–Crippen LogP) is 3.02. The minimum atomic E-state index is -0.494. The molecule has 3 rings (SSSR count). The molecule has 0 radical (unpaired) electrons. The molecule has 7 nitrogen and oxygen atoms in total. The highest BCUT2D eigenvalue weighted by atomic mass is 35.5. The maximum atomic E-state index is 12.7. The van der Waals surface area contributed by atoms with Gasteiger partial charge in [-0.15, -0.1) is 12.4 Å². The van der Waals surface area contributed by atoms with Crippen LogP contribution in [0.4, 0.5) is 11.4 Å². The van der Waals surface area contributed by atoms with Crippen LogP contribution in [0.15, 0.2) is 54.6 Å². The summed E-state index contributed by atoms with van der Waals surface area (Å²) in [7, 11) is 0. The number of benzene rings is 2. The quantitative estimate of drug-likeness (QED) is 0.569. The zero-order valence-electron chi connectivity index (χ0n) is 15.7. The van der Waals surface area contributed by atoms with Gasteiger partial charge >= 0.3 is 0 Å². The van der Waals surface area contributed by atoms with Crippen molar-refractivity contribution in [1.82, 2.24) is 4.90 Å². The van der Waals surface area contributed by atoms with E-state index in [4.69, 9.17) is 5.73 Å². The van der Waals surface area contributed by atoms with Gasteiger partial charge in [0.1, 0.15) is 5.69 Å². The number of anilines is 1. The first-order valence-corrected chi connectivity index (χ1v) is 9.04. The molecule has 0 aromatic heterocycles. The largest absolute Gasteiger partial charge is 0.330 e. The van der Waals surface area contributed by atoms with Crippen molar-refractivity contribution in [3.05, 3.63) is 70.3 Å². The van der Waals surface area contributed by atoms with E-state index >= 15 is 0 Å². The van der Waals surface area contributed by atoms with E-state index in [1.54, 1.807) is 18.2 Å². The summed E-state index contributed by atoms with van der Waals surface area (Å²) in [5, 5.41) is 13.8. The van der Waals surface area contributed by atoms with Gasteiger partial charge in [0.15, 0.2) is 0 Å². The van der Waals surface area contributed by atoms with Crippen LogP contribution in [0.5, 0.6) is 0 Å². The molecule has 1 unspecified atom stereocenters. The molecule has 0 saturated carbocycles. The van der Waals surface area contributed by atoms with Crippen molar-refractivity contribution in [3.63, 3.8) is 0 Å². The summed E-state index contributed by atoms with van der Waals surface area (Å²) in [6, 6.07) is 15.9. The van der Waals surface area contributed by atoms with Crippen molar-refractivity contribution in [1.29, 1.82) is 0 Å². The predicted molar refractivity (Wildman–Crippen MR) is 112 cm³/mol. The lowest BCUT2D eigenvalue weighted by atomic mass is 9.89. The highest BCUT2D eigenvalue weighted by Gasteiger charge is 2.37. The maximum Gasteiger partial charge on any atom is 0.292 e. The maximum absolute atomic E-state index is 12.7. The van der Waals surface area contributed by atoms with E-state index in [2.05, 4.69) is 22.3 Å². The molecule has 3 N–H and O–H groups in total. The van der Waals surface area contributed by atoms with Gasteiger partial charge in [-0.25, -0.2) is 0 Å². The minimum Gasteiger partial charge on any atom is -0.330 e. The van der Waals surface area contributed by atoms with Crippen molar-refractivity contribution < 1.29 is 9.72 Å². The summed E-state index contributed by atoms with van der Waals surface area (Å²) in [4.78, 5) is 25.4. The second-order valence-electron chi connectivity index (χ2n) is 6.91. The highest BCUT2D eigenvalue weighted by molar-refractivity contribution is 5.96. The van der Waals surface area contributed by atoms with Gasteiger partial charge in [-0.2, -0.15) is 0 Å². The second kappa shape index (κ2) is 9.64. The summed E-state index contributed by atoms with van der Waals surface area (Å²) in [6.45, 7) is 3.83. The van der Waals surface area contributed by atoms with Gasteiger partial charge in [0.2, 0.25) is 5.91 Å². The van der Waals surface area contributed by atoms with Gasteiger partial charge in [-0.3, -0.25) is 19.8 Å². The number of likely N-dealkylation sites (tertiary alicyclic amines) is 1. The van der Waals surface area contributed by atoms with Crippen molar-refractivity contribution in [2.75, 3.05) is 25.0 Å². The van der Waals surface area contributed by atoms with E-state index < -0.39 is 11.0 Å². The smallest absolute Gasteiger partial charge is 0.292 e. The molecule has 3 atom stereocenters. The molecule has 2 aromatic carbocycles. The molecule has 28 heavy (non-hydrogen) atoms. The van der Waals surface area contributed by atoms with E-state index in [1.807, 2.05) is 25.1 Å². The molecule has 8 heteroatoms. The zero-order valence-corrected chi connectivity index (χ0v) is 16.5. The average molecular weight is 405 g/mol. The standard InChI is InChI=1S/C20H24N4O3.ClH/c1-14(20(25)22-18-9-5-6-10-19(18)24(26)27)23-12-16(11-21)17(13-23)15-7-3-2-4-8-15;/h2-10,14,16-17H,11-13,21H2,1H3,(H,22,25);1H/t14?,16-,17+;/m1./s1. The van der Waals surface area contributed by atoms with Gasteiger partial charge in [-0.1, -0.05) is 42.5 Å². The normalized spacial score (nSPS) is 20.2. The number of rotatable bonds is 6. The average Bonchev–Trinajstić information content (AvgIpc) is 3.12. The van der Waals surface area contributed by atoms with E-state index in [1.165, 1.54) is 11.6 Å². The number of nitro groups is 1. The molecule has 1 saturated heterocycles. The molecular weight excluding hydrogens is 380 g/mol. The minimum absolute atomic E-state index is 0. The van der Waals surface area contributed by atoms with Gasteiger partial charge < -0.3 is 11.1 Å². The lowest BCUT2D eigenvalue weighted by Crippen LogP contribution is -2.41. The number of carbonyl (C=O) groups excluding carboxylic acids is 1. The molecule has 1 aliphatic rings. The number of carbonyl (C=O) groups is 1. The number of hydrogen-bond donors (Lipinski definition) is 2. The zero-order chi connectivity index (χ0) is 19.4. The monoisotopic (exact) mass is 404 g/mol. The Morgan fingerprint density at radius 3 is 2.50 bits per heavy atom. The van der Waals surface area contributed by atoms with Crippen LogP contribution in [0.3, 0.4) is 0 Å². The van der Waals surface area contributed by atoms with Crippen LogP contribution >= 0.6 is 12.4 Å². The van der Waals surface area contributed by atoms with Crippen LogP contribution in [0.25, 0.3) is 0 Å². The van der Waals surface area contributed by atoms with Crippen molar-refractivity contribution >= 4 is 29.7 Å². The Morgan fingerprint density at radius 1 is 1.21 bits per heavy atom. The van der Waals surface area contributed by atoms with Gasteiger partial charge in [0.25, 0.3) is 5.69 Å². The number of nitrogens with zero attached hydrogens (tertiary/aromatic N) is 2.